The van der Waals surface area contributed by atoms with E-state index in [0.717, 1.165) is 31.6 Å². The Morgan fingerprint density at radius 3 is 2.75 bits per heavy atom. The van der Waals surface area contributed by atoms with Gasteiger partial charge < -0.3 is 4.42 Å². The van der Waals surface area contributed by atoms with Gasteiger partial charge in [0.15, 0.2) is 0 Å². The van der Waals surface area contributed by atoms with Crippen molar-refractivity contribution >= 4 is 45.0 Å². The zero-order valence-electron chi connectivity index (χ0n) is 14.7. The highest BCUT2D eigenvalue weighted by atomic mass is 32.1. The number of anilines is 1. The monoisotopic (exact) mass is 401 g/mol. The van der Waals surface area contributed by atoms with E-state index in [1.807, 2.05) is 48.0 Å². The van der Waals surface area contributed by atoms with Crippen LogP contribution < -0.4 is 5.43 Å². The fourth-order valence-corrected chi connectivity index (χ4v) is 4.23. The highest BCUT2D eigenvalue weighted by Crippen LogP contribution is 2.34. The molecular formula is C22H15N3OS2. The first-order valence-corrected chi connectivity index (χ1v) is 10.4. The van der Waals surface area contributed by atoms with Gasteiger partial charge in [-0.1, -0.05) is 53.8 Å². The first kappa shape index (κ1) is 16.9. The van der Waals surface area contributed by atoms with E-state index in [4.69, 9.17) is 4.42 Å². The fraction of sp³-hybridized carbons (Fsp3) is 0. The smallest absolute Gasteiger partial charge is 0.203 e. The van der Waals surface area contributed by atoms with Crippen molar-refractivity contribution in [2.45, 2.75) is 0 Å². The van der Waals surface area contributed by atoms with E-state index in [2.05, 4.69) is 45.8 Å². The normalized spacial score (nSPS) is 11.4. The zero-order chi connectivity index (χ0) is 18.8. The van der Waals surface area contributed by atoms with Gasteiger partial charge in [0.05, 0.1) is 17.3 Å². The molecule has 3 aromatic heterocycles. The molecule has 4 nitrogen and oxygen atoms in total. The van der Waals surface area contributed by atoms with Crippen molar-refractivity contribution in [2.24, 2.45) is 5.10 Å². The van der Waals surface area contributed by atoms with Crippen LogP contribution in [-0.2, 0) is 0 Å². The molecule has 0 aliphatic carbocycles. The molecule has 0 radical (unpaired) electrons. The third kappa shape index (κ3) is 3.47. The third-order valence-electron chi connectivity index (χ3n) is 4.27. The minimum atomic E-state index is 0.730. The number of furan rings is 1. The molecule has 5 rings (SSSR count). The maximum atomic E-state index is 6.03. The highest BCUT2D eigenvalue weighted by molar-refractivity contribution is 7.18. The molecule has 2 aromatic carbocycles. The average Bonchev–Trinajstić information content (AvgIpc) is 3.48. The summed E-state index contributed by atoms with van der Waals surface area (Å²) in [6.45, 7) is 0. The van der Waals surface area contributed by atoms with Crippen LogP contribution in [-0.4, -0.2) is 11.2 Å². The van der Waals surface area contributed by atoms with Crippen LogP contribution in [0.25, 0.3) is 32.7 Å². The van der Waals surface area contributed by atoms with Gasteiger partial charge in [-0.15, -0.1) is 11.3 Å². The molecule has 136 valence electrons. The van der Waals surface area contributed by atoms with Gasteiger partial charge in [-0.05, 0) is 40.8 Å². The molecule has 0 fully saturated rings. The number of benzene rings is 2. The number of aromatic nitrogens is 1. The van der Waals surface area contributed by atoms with Gasteiger partial charge in [0, 0.05) is 10.3 Å². The number of nitrogens with one attached hydrogen (secondary N) is 1. The zero-order valence-corrected chi connectivity index (χ0v) is 16.3. The predicted octanol–water partition coefficient (Wildman–Crippen LogP) is 6.73. The number of thiazole rings is 1. The standard InChI is InChI=1S/C22H15N3OS2/c1-2-5-15(6-3-1)16-8-9-19-17(11-16)12-20(26-19)21-14-23-22(28-21)25-24-13-18-7-4-10-27-18/h1-14H,(H,23,25). The van der Waals surface area contributed by atoms with Crippen LogP contribution in [0.2, 0.25) is 0 Å². The highest BCUT2D eigenvalue weighted by Gasteiger charge is 2.11. The molecule has 0 spiro atoms. The van der Waals surface area contributed by atoms with Crippen LogP contribution in [0.15, 0.2) is 87.8 Å². The Balaban J connectivity index is 1.38. The number of hydrogen-bond acceptors (Lipinski definition) is 6. The van der Waals surface area contributed by atoms with E-state index < -0.39 is 0 Å². The van der Waals surface area contributed by atoms with Crippen LogP contribution in [0.5, 0.6) is 0 Å². The summed E-state index contributed by atoms with van der Waals surface area (Å²) in [6.07, 6.45) is 3.60. The molecule has 0 aliphatic rings. The van der Waals surface area contributed by atoms with Gasteiger partial charge >= 0.3 is 0 Å². The van der Waals surface area contributed by atoms with Crippen molar-refractivity contribution in [1.29, 1.82) is 0 Å². The maximum absolute atomic E-state index is 6.03. The third-order valence-corrected chi connectivity index (χ3v) is 5.99. The summed E-state index contributed by atoms with van der Waals surface area (Å²) >= 11 is 3.15. The van der Waals surface area contributed by atoms with Gasteiger partial charge in [-0.3, -0.25) is 5.43 Å². The van der Waals surface area contributed by atoms with Crippen molar-refractivity contribution in [3.8, 4) is 21.8 Å². The minimum Gasteiger partial charge on any atom is -0.455 e. The molecule has 0 amide bonds. The Morgan fingerprint density at radius 2 is 1.89 bits per heavy atom. The Kier molecular flexibility index (Phi) is 4.48. The molecule has 6 heteroatoms. The lowest BCUT2D eigenvalue weighted by Crippen LogP contribution is -1.87. The number of thiophene rings is 1. The lowest BCUT2D eigenvalue weighted by atomic mass is 10.0. The summed E-state index contributed by atoms with van der Waals surface area (Å²) in [7, 11) is 0. The Bertz CT molecular complexity index is 1240. The molecule has 0 unspecified atom stereocenters. The molecule has 3 heterocycles. The number of nitrogens with zero attached hydrogens (tertiary/aromatic N) is 2. The second-order valence-corrected chi connectivity index (χ2v) is 8.15. The van der Waals surface area contributed by atoms with Gasteiger partial charge in [0.2, 0.25) is 5.13 Å². The molecule has 5 aromatic rings. The minimum absolute atomic E-state index is 0.730. The Labute approximate surface area is 169 Å². The number of hydrazone groups is 1. The van der Waals surface area contributed by atoms with Gasteiger partial charge in [0.25, 0.3) is 0 Å². The summed E-state index contributed by atoms with van der Waals surface area (Å²) in [5, 5.41) is 8.06. The van der Waals surface area contributed by atoms with Crippen LogP contribution >= 0.6 is 22.7 Å². The summed E-state index contributed by atoms with van der Waals surface area (Å²) in [5.74, 6) is 0.813. The molecule has 0 saturated carbocycles. The van der Waals surface area contributed by atoms with Crippen LogP contribution in [0.1, 0.15) is 4.88 Å². The lowest BCUT2D eigenvalue weighted by molar-refractivity contribution is 0.633. The van der Waals surface area contributed by atoms with Crippen LogP contribution in [0.3, 0.4) is 0 Å². The number of rotatable bonds is 5. The first-order valence-electron chi connectivity index (χ1n) is 8.73. The maximum Gasteiger partial charge on any atom is 0.203 e. The molecule has 0 aliphatic heterocycles. The average molecular weight is 402 g/mol. The van der Waals surface area contributed by atoms with E-state index in [0.29, 0.717) is 0 Å². The van der Waals surface area contributed by atoms with Gasteiger partial charge in [0.1, 0.15) is 11.3 Å². The number of hydrogen-bond donors (Lipinski definition) is 1. The second kappa shape index (κ2) is 7.42. The van der Waals surface area contributed by atoms with Crippen LogP contribution in [0.4, 0.5) is 5.13 Å². The lowest BCUT2D eigenvalue weighted by Gasteiger charge is -2.00. The van der Waals surface area contributed by atoms with E-state index in [-0.39, 0.29) is 0 Å². The second-order valence-electron chi connectivity index (χ2n) is 6.14. The van der Waals surface area contributed by atoms with E-state index in [1.54, 1.807) is 17.6 Å². The van der Waals surface area contributed by atoms with Crippen molar-refractivity contribution in [3.63, 3.8) is 0 Å². The number of fused-ring (bicyclic) bond motifs is 1. The molecule has 0 atom stereocenters. The summed E-state index contributed by atoms with van der Waals surface area (Å²) in [5.41, 5.74) is 6.22. The van der Waals surface area contributed by atoms with Gasteiger partial charge in [-0.25, -0.2) is 4.98 Å². The molecule has 1 N–H and O–H groups in total. The van der Waals surface area contributed by atoms with Gasteiger partial charge in [-0.2, -0.15) is 5.10 Å². The van der Waals surface area contributed by atoms with Crippen molar-refractivity contribution in [1.82, 2.24) is 4.98 Å². The van der Waals surface area contributed by atoms with Crippen molar-refractivity contribution in [3.05, 3.63) is 83.2 Å². The van der Waals surface area contributed by atoms with E-state index in [1.165, 1.54) is 22.5 Å². The van der Waals surface area contributed by atoms with Crippen molar-refractivity contribution < 1.29 is 4.42 Å². The fourth-order valence-electron chi connectivity index (χ4n) is 2.93. The largest absolute Gasteiger partial charge is 0.455 e. The summed E-state index contributed by atoms with van der Waals surface area (Å²) < 4.78 is 6.03. The van der Waals surface area contributed by atoms with Crippen LogP contribution in [0, 0.1) is 0 Å². The quantitative estimate of drug-likeness (QED) is 0.262. The summed E-state index contributed by atoms with van der Waals surface area (Å²) in [4.78, 5) is 6.44. The molecule has 0 saturated heterocycles. The summed E-state index contributed by atoms with van der Waals surface area (Å²) in [6, 6.07) is 22.7. The SMILES string of the molecule is C(=NNc1ncc(-c2cc3cc(-c4ccccc4)ccc3o2)s1)c1cccs1. The Hall–Kier alpha value is -3.22. The van der Waals surface area contributed by atoms with Crippen molar-refractivity contribution in [2.75, 3.05) is 5.43 Å². The Morgan fingerprint density at radius 1 is 0.964 bits per heavy atom. The molecular weight excluding hydrogens is 386 g/mol. The van der Waals surface area contributed by atoms with E-state index >= 15 is 0 Å². The predicted molar refractivity (Wildman–Crippen MR) is 118 cm³/mol. The molecule has 28 heavy (non-hydrogen) atoms. The first-order chi connectivity index (χ1) is 13.8. The van der Waals surface area contributed by atoms with E-state index in [9.17, 15) is 0 Å². The molecule has 0 bridgehead atoms. The topological polar surface area (TPSA) is 50.4 Å².